The van der Waals surface area contributed by atoms with E-state index in [2.05, 4.69) is 19.5 Å². The first kappa shape index (κ1) is 16.8. The van der Waals surface area contributed by atoms with Gasteiger partial charge in [-0.3, -0.25) is 9.67 Å². The van der Waals surface area contributed by atoms with E-state index in [0.29, 0.717) is 16.9 Å². The molecule has 0 unspecified atom stereocenters. The number of rotatable bonds is 2. The number of aryl methyl sites for hydroxylation is 1. The minimum Gasteiger partial charge on any atom is -0.396 e. The summed E-state index contributed by atoms with van der Waals surface area (Å²) >= 11 is 6.14. The lowest BCUT2D eigenvalue weighted by Crippen LogP contribution is -2.27. The van der Waals surface area contributed by atoms with Gasteiger partial charge in [-0.15, -0.1) is 0 Å². The summed E-state index contributed by atoms with van der Waals surface area (Å²) in [5.74, 6) is 0.911. The molecule has 0 spiro atoms. The SMILES string of the molecule is Nc1cc2c(nc1Cl)CCCN2c1nn(C2CCOCC2)c2ccncc12. The highest BCUT2D eigenvalue weighted by atomic mass is 35.5. The monoisotopic (exact) mass is 384 g/mol. The average Bonchev–Trinajstić information content (AvgIpc) is 3.09. The quantitative estimate of drug-likeness (QED) is 0.681. The minimum absolute atomic E-state index is 0.343. The van der Waals surface area contributed by atoms with Crippen LogP contribution in [-0.2, 0) is 11.2 Å². The highest BCUT2D eigenvalue weighted by molar-refractivity contribution is 6.32. The molecule has 0 aliphatic carbocycles. The Morgan fingerprint density at radius 2 is 2.11 bits per heavy atom. The van der Waals surface area contributed by atoms with Crippen molar-refractivity contribution in [3.05, 3.63) is 35.4 Å². The van der Waals surface area contributed by atoms with Gasteiger partial charge in [0.15, 0.2) is 11.0 Å². The number of hydrogen-bond acceptors (Lipinski definition) is 6. The van der Waals surface area contributed by atoms with Crippen LogP contribution in [0, 0.1) is 0 Å². The van der Waals surface area contributed by atoms with Crippen molar-refractivity contribution in [1.29, 1.82) is 0 Å². The maximum atomic E-state index is 6.14. The minimum atomic E-state index is 0.343. The van der Waals surface area contributed by atoms with E-state index in [4.69, 9.17) is 27.2 Å². The summed E-state index contributed by atoms with van der Waals surface area (Å²) in [5, 5.41) is 6.45. The smallest absolute Gasteiger partial charge is 0.164 e. The number of fused-ring (bicyclic) bond motifs is 2. The van der Waals surface area contributed by atoms with Gasteiger partial charge in [0.05, 0.1) is 34.0 Å². The average molecular weight is 385 g/mol. The first-order valence-corrected chi connectivity index (χ1v) is 9.72. The first-order valence-electron chi connectivity index (χ1n) is 9.35. The largest absolute Gasteiger partial charge is 0.396 e. The fraction of sp³-hybridized carbons (Fsp3) is 0.421. The summed E-state index contributed by atoms with van der Waals surface area (Å²) < 4.78 is 7.68. The van der Waals surface area contributed by atoms with Crippen LogP contribution in [0.15, 0.2) is 24.5 Å². The molecule has 7 nitrogen and oxygen atoms in total. The summed E-state index contributed by atoms with van der Waals surface area (Å²) in [6.07, 6.45) is 7.55. The van der Waals surface area contributed by atoms with Gasteiger partial charge in [-0.1, -0.05) is 11.6 Å². The molecule has 0 radical (unpaired) electrons. The number of ether oxygens (including phenoxy) is 1. The molecule has 8 heteroatoms. The van der Waals surface area contributed by atoms with Gasteiger partial charge in [0.2, 0.25) is 0 Å². The topological polar surface area (TPSA) is 82.1 Å². The van der Waals surface area contributed by atoms with Gasteiger partial charge in [-0.25, -0.2) is 4.98 Å². The number of hydrogen-bond donors (Lipinski definition) is 1. The van der Waals surface area contributed by atoms with Crippen molar-refractivity contribution in [3.63, 3.8) is 0 Å². The van der Waals surface area contributed by atoms with Crippen LogP contribution in [0.5, 0.6) is 0 Å². The normalized spacial score (nSPS) is 18.0. The molecule has 3 aromatic heterocycles. The van der Waals surface area contributed by atoms with Crippen LogP contribution in [0.2, 0.25) is 5.15 Å². The molecular formula is C19H21ClN6O. The molecule has 27 heavy (non-hydrogen) atoms. The Bertz CT molecular complexity index is 997. The Hall–Kier alpha value is -2.38. The molecule has 2 N–H and O–H groups in total. The third-order valence-electron chi connectivity index (χ3n) is 5.43. The van der Waals surface area contributed by atoms with Gasteiger partial charge in [0.1, 0.15) is 0 Å². The molecule has 1 fully saturated rings. The molecule has 3 aromatic rings. The maximum absolute atomic E-state index is 6.14. The van der Waals surface area contributed by atoms with Crippen molar-refractivity contribution in [2.45, 2.75) is 31.7 Å². The highest BCUT2D eigenvalue weighted by Crippen LogP contribution is 2.39. The van der Waals surface area contributed by atoms with Gasteiger partial charge in [-0.05, 0) is 37.8 Å². The van der Waals surface area contributed by atoms with E-state index in [1.54, 1.807) is 0 Å². The summed E-state index contributed by atoms with van der Waals surface area (Å²) in [7, 11) is 0. The summed E-state index contributed by atoms with van der Waals surface area (Å²) in [5.41, 5.74) is 9.61. The zero-order valence-electron chi connectivity index (χ0n) is 14.9. The fourth-order valence-corrected chi connectivity index (χ4v) is 4.23. The molecular weight excluding hydrogens is 364 g/mol. The third kappa shape index (κ3) is 2.82. The second kappa shape index (κ2) is 6.65. The van der Waals surface area contributed by atoms with E-state index in [0.717, 1.165) is 73.5 Å². The van der Waals surface area contributed by atoms with Crippen molar-refractivity contribution in [2.24, 2.45) is 0 Å². The Morgan fingerprint density at radius 1 is 1.26 bits per heavy atom. The van der Waals surface area contributed by atoms with Crippen LogP contribution in [0.3, 0.4) is 0 Å². The van der Waals surface area contributed by atoms with Crippen LogP contribution >= 0.6 is 11.6 Å². The first-order chi connectivity index (χ1) is 13.2. The van der Waals surface area contributed by atoms with Gasteiger partial charge >= 0.3 is 0 Å². The molecule has 140 valence electrons. The number of anilines is 3. The molecule has 0 amide bonds. The van der Waals surface area contributed by atoms with Crippen molar-refractivity contribution < 1.29 is 4.74 Å². The Morgan fingerprint density at radius 3 is 2.96 bits per heavy atom. The zero-order valence-corrected chi connectivity index (χ0v) is 15.7. The molecule has 0 aromatic carbocycles. The number of nitrogens with two attached hydrogens (primary N) is 1. The third-order valence-corrected chi connectivity index (χ3v) is 5.73. The molecule has 0 saturated carbocycles. The van der Waals surface area contributed by atoms with Crippen LogP contribution < -0.4 is 10.6 Å². The van der Waals surface area contributed by atoms with E-state index >= 15 is 0 Å². The summed E-state index contributed by atoms with van der Waals surface area (Å²) in [6.45, 7) is 2.42. The molecule has 5 rings (SSSR count). The van der Waals surface area contributed by atoms with Gasteiger partial charge < -0.3 is 15.4 Å². The number of pyridine rings is 2. The zero-order chi connectivity index (χ0) is 18.4. The number of nitrogen functional groups attached to an aromatic ring is 1. The second-order valence-electron chi connectivity index (χ2n) is 7.09. The highest BCUT2D eigenvalue weighted by Gasteiger charge is 2.27. The van der Waals surface area contributed by atoms with E-state index in [1.165, 1.54) is 0 Å². The van der Waals surface area contributed by atoms with Crippen molar-refractivity contribution in [3.8, 4) is 0 Å². The van der Waals surface area contributed by atoms with Crippen molar-refractivity contribution >= 4 is 39.7 Å². The molecule has 2 aliphatic rings. The lowest BCUT2D eigenvalue weighted by molar-refractivity contribution is 0.0675. The van der Waals surface area contributed by atoms with Crippen LogP contribution in [0.1, 0.15) is 31.0 Å². The number of halogens is 1. The maximum Gasteiger partial charge on any atom is 0.164 e. The van der Waals surface area contributed by atoms with E-state index in [-0.39, 0.29) is 0 Å². The van der Waals surface area contributed by atoms with Gasteiger partial charge in [-0.2, -0.15) is 5.10 Å². The number of aromatic nitrogens is 4. The van der Waals surface area contributed by atoms with Crippen molar-refractivity contribution in [1.82, 2.24) is 19.7 Å². The van der Waals surface area contributed by atoms with Gasteiger partial charge in [0, 0.05) is 32.2 Å². The molecule has 0 atom stereocenters. The fourth-order valence-electron chi connectivity index (χ4n) is 4.07. The predicted molar refractivity (Wildman–Crippen MR) is 106 cm³/mol. The lowest BCUT2D eigenvalue weighted by atomic mass is 10.1. The van der Waals surface area contributed by atoms with Crippen molar-refractivity contribution in [2.75, 3.05) is 30.4 Å². The molecule has 2 aliphatic heterocycles. The summed E-state index contributed by atoms with van der Waals surface area (Å²) in [6, 6.07) is 4.30. The summed E-state index contributed by atoms with van der Waals surface area (Å²) in [4.78, 5) is 11.1. The Balaban J connectivity index is 1.65. The number of nitrogens with zero attached hydrogens (tertiary/aromatic N) is 5. The standard InChI is InChI=1S/C19H21ClN6O/c20-18-14(21)10-17-15(23-18)2-1-7-25(17)19-13-11-22-6-3-16(13)26(24-19)12-4-8-27-9-5-12/h3,6,10-12H,1-2,4-5,7-9,21H2. The Kier molecular flexibility index (Phi) is 4.13. The second-order valence-corrected chi connectivity index (χ2v) is 7.45. The van der Waals surface area contributed by atoms with Gasteiger partial charge in [0.25, 0.3) is 0 Å². The van der Waals surface area contributed by atoms with E-state index in [1.807, 2.05) is 24.5 Å². The van der Waals surface area contributed by atoms with Crippen LogP contribution in [-0.4, -0.2) is 39.5 Å². The van der Waals surface area contributed by atoms with Crippen LogP contribution in [0.25, 0.3) is 10.9 Å². The lowest BCUT2D eigenvalue weighted by Gasteiger charge is -2.29. The molecule has 1 saturated heterocycles. The molecule has 0 bridgehead atoms. The van der Waals surface area contributed by atoms with E-state index in [9.17, 15) is 0 Å². The van der Waals surface area contributed by atoms with Crippen LogP contribution in [0.4, 0.5) is 17.2 Å². The predicted octanol–water partition coefficient (Wildman–Crippen LogP) is 3.50. The molecule has 5 heterocycles. The Labute approximate surface area is 162 Å². The van der Waals surface area contributed by atoms with E-state index < -0.39 is 0 Å².